The second-order valence-electron chi connectivity index (χ2n) is 10.1. The van der Waals surface area contributed by atoms with Crippen LogP contribution in [0.3, 0.4) is 0 Å². The number of aromatic nitrogens is 4. The molecular formula is C26H29ClN10O. The molecule has 3 aliphatic rings. The van der Waals surface area contributed by atoms with Gasteiger partial charge in [0, 0.05) is 45.4 Å². The van der Waals surface area contributed by atoms with Gasteiger partial charge in [-0.1, -0.05) is 11.6 Å². The average Bonchev–Trinajstić information content (AvgIpc) is 3.66. The molecule has 0 bridgehead atoms. The summed E-state index contributed by atoms with van der Waals surface area (Å²) in [6.07, 6.45) is 7.46. The molecule has 1 saturated carbocycles. The zero-order valence-electron chi connectivity index (χ0n) is 21.0. The van der Waals surface area contributed by atoms with Crippen molar-refractivity contribution in [2.24, 2.45) is 0 Å². The molecule has 0 amide bonds. The summed E-state index contributed by atoms with van der Waals surface area (Å²) in [6, 6.07) is 8.23. The SMILES string of the molecule is N#Cc1cc(Nc2nc(NC3CC3)c3ncc(C#N)n3n2)c(Cl)c(N2CCN(CC3CCCCO3)CC2)c1. The molecule has 12 heteroatoms. The standard InChI is InChI=1S/C26H29ClN10O/c27-23-21(32-26-33-24(31-18-4-5-18)25-30-15-19(14-29)37(25)34-26)11-17(13-28)12-22(23)36-8-6-35(7-9-36)16-20-3-1-2-10-38-20/h11-12,15,18,20H,1-10,16H2,(H2,31,32,33,34). The summed E-state index contributed by atoms with van der Waals surface area (Å²) in [6.45, 7) is 5.25. The fourth-order valence-corrected chi connectivity index (χ4v) is 5.33. The molecule has 2 aromatic heterocycles. The number of rotatable bonds is 7. The molecule has 38 heavy (non-hydrogen) atoms. The van der Waals surface area contributed by atoms with Gasteiger partial charge in [-0.15, -0.1) is 5.10 Å². The highest BCUT2D eigenvalue weighted by Gasteiger charge is 2.26. The molecule has 2 aliphatic heterocycles. The van der Waals surface area contributed by atoms with E-state index in [2.05, 4.69) is 47.6 Å². The molecule has 1 aliphatic carbocycles. The van der Waals surface area contributed by atoms with E-state index in [4.69, 9.17) is 16.3 Å². The van der Waals surface area contributed by atoms with Crippen molar-refractivity contribution in [3.63, 3.8) is 0 Å². The van der Waals surface area contributed by atoms with Crippen molar-refractivity contribution in [2.75, 3.05) is 54.9 Å². The van der Waals surface area contributed by atoms with Gasteiger partial charge in [-0.2, -0.15) is 20.0 Å². The first-order valence-corrected chi connectivity index (χ1v) is 13.5. The Kier molecular flexibility index (Phi) is 6.90. The number of nitrogens with one attached hydrogen (secondary N) is 2. The van der Waals surface area contributed by atoms with Gasteiger partial charge < -0.3 is 20.3 Å². The second kappa shape index (κ2) is 10.6. The topological polar surface area (TPSA) is 130 Å². The van der Waals surface area contributed by atoms with Gasteiger partial charge in [0.2, 0.25) is 5.95 Å². The van der Waals surface area contributed by atoms with Crippen LogP contribution in [0, 0.1) is 22.7 Å². The summed E-state index contributed by atoms with van der Waals surface area (Å²) in [5.74, 6) is 0.813. The summed E-state index contributed by atoms with van der Waals surface area (Å²) in [5.41, 5.74) is 2.63. The van der Waals surface area contributed by atoms with E-state index in [1.54, 1.807) is 6.07 Å². The molecule has 1 aromatic carbocycles. The van der Waals surface area contributed by atoms with Crippen molar-refractivity contribution in [1.29, 1.82) is 10.5 Å². The first-order valence-electron chi connectivity index (χ1n) is 13.1. The van der Waals surface area contributed by atoms with Crippen LogP contribution in [-0.4, -0.2) is 76.0 Å². The average molecular weight is 533 g/mol. The molecular weight excluding hydrogens is 504 g/mol. The van der Waals surface area contributed by atoms with Crippen LogP contribution < -0.4 is 15.5 Å². The number of piperazine rings is 1. The third-order valence-corrected chi connectivity index (χ3v) is 7.67. The van der Waals surface area contributed by atoms with Crippen molar-refractivity contribution >= 4 is 40.4 Å². The van der Waals surface area contributed by atoms with E-state index in [0.717, 1.165) is 70.7 Å². The van der Waals surface area contributed by atoms with E-state index in [-0.39, 0.29) is 5.95 Å². The van der Waals surface area contributed by atoms with Crippen LogP contribution in [0.25, 0.3) is 5.65 Å². The highest BCUT2D eigenvalue weighted by Crippen LogP contribution is 2.37. The smallest absolute Gasteiger partial charge is 0.247 e. The Morgan fingerprint density at radius 3 is 2.63 bits per heavy atom. The summed E-state index contributed by atoms with van der Waals surface area (Å²) in [7, 11) is 0. The molecule has 3 fully saturated rings. The number of benzene rings is 1. The van der Waals surface area contributed by atoms with Gasteiger partial charge in [0.15, 0.2) is 17.2 Å². The number of fused-ring (bicyclic) bond motifs is 1. The normalized spacial score (nSPS) is 20.2. The lowest BCUT2D eigenvalue weighted by Gasteiger charge is -2.38. The summed E-state index contributed by atoms with van der Waals surface area (Å²) in [4.78, 5) is 13.6. The largest absolute Gasteiger partial charge is 0.377 e. The minimum Gasteiger partial charge on any atom is -0.377 e. The monoisotopic (exact) mass is 532 g/mol. The van der Waals surface area contributed by atoms with Gasteiger partial charge >= 0.3 is 0 Å². The molecule has 11 nitrogen and oxygen atoms in total. The van der Waals surface area contributed by atoms with Crippen LogP contribution in [0.15, 0.2) is 18.3 Å². The zero-order valence-corrected chi connectivity index (χ0v) is 21.8. The molecule has 4 heterocycles. The number of imidazole rings is 1. The first-order chi connectivity index (χ1) is 18.6. The van der Waals surface area contributed by atoms with E-state index >= 15 is 0 Å². The maximum atomic E-state index is 9.75. The fraction of sp³-hybridized carbons (Fsp3) is 0.500. The molecule has 196 valence electrons. The third-order valence-electron chi connectivity index (χ3n) is 7.27. The lowest BCUT2D eigenvalue weighted by molar-refractivity contribution is -0.00645. The predicted molar refractivity (Wildman–Crippen MR) is 144 cm³/mol. The number of halogens is 1. The lowest BCUT2D eigenvalue weighted by atomic mass is 10.1. The Balaban J connectivity index is 1.24. The Hall–Kier alpha value is -3.64. The van der Waals surface area contributed by atoms with Gasteiger partial charge in [-0.3, -0.25) is 4.90 Å². The Bertz CT molecular complexity index is 1410. The number of nitriles is 2. The van der Waals surface area contributed by atoms with Crippen LogP contribution in [0.4, 0.5) is 23.1 Å². The zero-order chi connectivity index (χ0) is 26.1. The molecule has 1 unspecified atom stereocenters. The molecule has 2 saturated heterocycles. The van der Waals surface area contributed by atoms with Crippen LogP contribution in [0.5, 0.6) is 0 Å². The number of nitrogens with zero attached hydrogens (tertiary/aromatic N) is 8. The van der Waals surface area contributed by atoms with Crippen molar-refractivity contribution in [2.45, 2.75) is 44.2 Å². The predicted octanol–water partition coefficient (Wildman–Crippen LogP) is 3.53. The minimum absolute atomic E-state index is 0.260. The van der Waals surface area contributed by atoms with Crippen molar-refractivity contribution in [3.8, 4) is 12.1 Å². The quantitative estimate of drug-likeness (QED) is 0.466. The lowest BCUT2D eigenvalue weighted by Crippen LogP contribution is -2.49. The van der Waals surface area contributed by atoms with Crippen LogP contribution in [0.1, 0.15) is 43.4 Å². The summed E-state index contributed by atoms with van der Waals surface area (Å²) < 4.78 is 7.39. The molecule has 6 rings (SSSR count). The number of hydrogen-bond donors (Lipinski definition) is 2. The van der Waals surface area contributed by atoms with Gasteiger partial charge in [0.05, 0.1) is 40.3 Å². The maximum Gasteiger partial charge on any atom is 0.247 e. The highest BCUT2D eigenvalue weighted by atomic mass is 35.5. The maximum absolute atomic E-state index is 9.75. The van der Waals surface area contributed by atoms with Crippen molar-refractivity contribution < 1.29 is 4.74 Å². The van der Waals surface area contributed by atoms with Crippen LogP contribution in [-0.2, 0) is 4.74 Å². The molecule has 0 radical (unpaired) electrons. The highest BCUT2D eigenvalue weighted by molar-refractivity contribution is 6.36. The van der Waals surface area contributed by atoms with E-state index in [9.17, 15) is 10.5 Å². The Morgan fingerprint density at radius 2 is 1.92 bits per heavy atom. The van der Waals surface area contributed by atoms with Gasteiger partial charge in [0.25, 0.3) is 0 Å². The number of anilines is 4. The third kappa shape index (κ3) is 5.18. The fourth-order valence-electron chi connectivity index (χ4n) is 5.05. The van der Waals surface area contributed by atoms with Crippen molar-refractivity contribution in [3.05, 3.63) is 34.6 Å². The van der Waals surface area contributed by atoms with Gasteiger partial charge in [-0.25, -0.2) is 4.98 Å². The van der Waals surface area contributed by atoms with E-state index < -0.39 is 0 Å². The number of hydrogen-bond acceptors (Lipinski definition) is 10. The van der Waals surface area contributed by atoms with E-state index in [1.807, 2.05) is 6.07 Å². The molecule has 1 atom stereocenters. The van der Waals surface area contributed by atoms with Crippen LogP contribution >= 0.6 is 11.6 Å². The van der Waals surface area contributed by atoms with Crippen molar-refractivity contribution in [1.82, 2.24) is 24.5 Å². The second-order valence-corrected chi connectivity index (χ2v) is 10.4. The summed E-state index contributed by atoms with van der Waals surface area (Å²) >= 11 is 6.91. The van der Waals surface area contributed by atoms with E-state index in [1.165, 1.54) is 17.1 Å². The Morgan fingerprint density at radius 1 is 1.08 bits per heavy atom. The molecule has 2 N–H and O–H groups in total. The molecule has 3 aromatic rings. The van der Waals surface area contributed by atoms with Crippen LogP contribution in [0.2, 0.25) is 5.02 Å². The van der Waals surface area contributed by atoms with Gasteiger partial charge in [-0.05, 0) is 44.2 Å². The number of ether oxygens (including phenoxy) is 1. The minimum atomic E-state index is 0.260. The molecule has 0 spiro atoms. The summed E-state index contributed by atoms with van der Waals surface area (Å²) in [5, 5.41) is 30.8. The van der Waals surface area contributed by atoms with Gasteiger partial charge in [0.1, 0.15) is 6.07 Å². The van der Waals surface area contributed by atoms with E-state index in [0.29, 0.717) is 45.6 Å². The Labute approximate surface area is 226 Å². The first kappa shape index (κ1) is 24.7.